The number of aromatic nitrogens is 1. The molecule has 19 heavy (non-hydrogen) atoms. The third kappa shape index (κ3) is 2.89. The van der Waals surface area contributed by atoms with Crippen LogP contribution in [0.5, 0.6) is 0 Å². The molecule has 0 radical (unpaired) electrons. The fourth-order valence-corrected chi connectivity index (χ4v) is 1.97. The van der Waals surface area contributed by atoms with Crippen LogP contribution < -0.4 is 5.32 Å². The molecular formula is C15H14FN3. The summed E-state index contributed by atoms with van der Waals surface area (Å²) in [5.74, 6) is -0.164. The molecule has 3 nitrogen and oxygen atoms in total. The number of nitrogens with zero attached hydrogens (tertiary/aromatic N) is 2. The minimum absolute atomic E-state index is 0.164. The second-order valence-electron chi connectivity index (χ2n) is 4.43. The molecule has 0 saturated heterocycles. The highest BCUT2D eigenvalue weighted by Gasteiger charge is 2.05. The van der Waals surface area contributed by atoms with Crippen LogP contribution in [-0.2, 0) is 6.54 Å². The lowest BCUT2D eigenvalue weighted by Crippen LogP contribution is -2.03. The number of hydrogen-bond acceptors (Lipinski definition) is 3. The Balaban J connectivity index is 2.17. The topological polar surface area (TPSA) is 48.7 Å². The van der Waals surface area contributed by atoms with E-state index in [4.69, 9.17) is 5.26 Å². The van der Waals surface area contributed by atoms with Gasteiger partial charge in [-0.25, -0.2) is 4.39 Å². The summed E-state index contributed by atoms with van der Waals surface area (Å²) in [5.41, 5.74) is 3.46. The van der Waals surface area contributed by atoms with Gasteiger partial charge in [-0.2, -0.15) is 5.26 Å². The zero-order valence-electron chi connectivity index (χ0n) is 10.9. The average Bonchev–Trinajstić information content (AvgIpc) is 2.42. The van der Waals surface area contributed by atoms with E-state index in [2.05, 4.69) is 16.4 Å². The first kappa shape index (κ1) is 13.0. The number of pyridine rings is 1. The molecule has 0 bridgehead atoms. The maximum absolute atomic E-state index is 13.5. The van der Waals surface area contributed by atoms with Crippen molar-refractivity contribution in [3.8, 4) is 6.07 Å². The molecule has 0 saturated carbocycles. The van der Waals surface area contributed by atoms with Crippen LogP contribution in [0.4, 0.5) is 10.1 Å². The van der Waals surface area contributed by atoms with Gasteiger partial charge in [-0.1, -0.05) is 12.1 Å². The largest absolute Gasteiger partial charge is 0.379 e. The molecule has 1 N–H and O–H groups in total. The first-order valence-corrected chi connectivity index (χ1v) is 5.95. The van der Waals surface area contributed by atoms with Crippen molar-refractivity contribution in [3.05, 3.63) is 58.7 Å². The number of benzene rings is 1. The SMILES string of the molecule is Cc1cc(CNc2cnccc2C#N)cc(C)c1F. The Morgan fingerprint density at radius 2 is 2.00 bits per heavy atom. The van der Waals surface area contributed by atoms with Crippen LogP contribution in [0.1, 0.15) is 22.3 Å². The van der Waals surface area contributed by atoms with E-state index < -0.39 is 0 Å². The summed E-state index contributed by atoms with van der Waals surface area (Å²) >= 11 is 0. The molecule has 4 heteroatoms. The summed E-state index contributed by atoms with van der Waals surface area (Å²) in [6.07, 6.45) is 3.19. The summed E-state index contributed by atoms with van der Waals surface area (Å²) in [7, 11) is 0. The Morgan fingerprint density at radius 1 is 1.32 bits per heavy atom. The fourth-order valence-electron chi connectivity index (χ4n) is 1.97. The lowest BCUT2D eigenvalue weighted by atomic mass is 10.1. The maximum atomic E-state index is 13.5. The quantitative estimate of drug-likeness (QED) is 0.915. The summed E-state index contributed by atoms with van der Waals surface area (Å²) < 4.78 is 13.5. The summed E-state index contributed by atoms with van der Waals surface area (Å²) in [4.78, 5) is 3.98. The summed E-state index contributed by atoms with van der Waals surface area (Å²) in [5, 5.41) is 12.1. The monoisotopic (exact) mass is 255 g/mol. The van der Waals surface area contributed by atoms with E-state index in [1.165, 1.54) is 0 Å². The molecule has 2 aromatic rings. The summed E-state index contributed by atoms with van der Waals surface area (Å²) in [6, 6.07) is 7.36. The van der Waals surface area contributed by atoms with Gasteiger partial charge in [-0.15, -0.1) is 0 Å². The van der Waals surface area contributed by atoms with E-state index in [1.807, 2.05) is 0 Å². The van der Waals surface area contributed by atoms with Gasteiger partial charge in [0.25, 0.3) is 0 Å². The van der Waals surface area contributed by atoms with Crippen molar-refractivity contribution in [3.63, 3.8) is 0 Å². The first-order chi connectivity index (χ1) is 9.11. The van der Waals surface area contributed by atoms with Crippen LogP contribution in [0.3, 0.4) is 0 Å². The van der Waals surface area contributed by atoms with Crippen LogP contribution in [0, 0.1) is 31.0 Å². The predicted molar refractivity (Wildman–Crippen MR) is 72.2 cm³/mol. The van der Waals surface area contributed by atoms with E-state index in [-0.39, 0.29) is 5.82 Å². The fraction of sp³-hybridized carbons (Fsp3) is 0.200. The highest BCUT2D eigenvalue weighted by Crippen LogP contribution is 2.17. The van der Waals surface area contributed by atoms with E-state index in [0.717, 1.165) is 5.56 Å². The number of nitrogens with one attached hydrogen (secondary N) is 1. The molecule has 0 aliphatic carbocycles. The van der Waals surface area contributed by atoms with Gasteiger partial charge in [-0.3, -0.25) is 4.98 Å². The molecule has 96 valence electrons. The minimum atomic E-state index is -0.164. The molecule has 0 amide bonds. The Bertz CT molecular complexity index is 621. The minimum Gasteiger partial charge on any atom is -0.379 e. The maximum Gasteiger partial charge on any atom is 0.129 e. The predicted octanol–water partition coefficient (Wildman–Crippen LogP) is 3.32. The van der Waals surface area contributed by atoms with E-state index >= 15 is 0 Å². The number of hydrogen-bond donors (Lipinski definition) is 1. The van der Waals surface area contributed by atoms with Gasteiger partial charge in [0.05, 0.1) is 17.4 Å². The molecule has 0 aliphatic heterocycles. The van der Waals surface area contributed by atoms with Crippen molar-refractivity contribution >= 4 is 5.69 Å². The van der Waals surface area contributed by atoms with E-state index in [9.17, 15) is 4.39 Å². The summed E-state index contributed by atoms with van der Waals surface area (Å²) in [6.45, 7) is 4.02. The first-order valence-electron chi connectivity index (χ1n) is 5.95. The van der Waals surface area contributed by atoms with Crippen LogP contribution >= 0.6 is 0 Å². The second kappa shape index (κ2) is 5.49. The third-order valence-corrected chi connectivity index (χ3v) is 2.92. The highest BCUT2D eigenvalue weighted by molar-refractivity contribution is 5.55. The third-order valence-electron chi connectivity index (χ3n) is 2.92. The van der Waals surface area contributed by atoms with Crippen molar-refractivity contribution < 1.29 is 4.39 Å². The Hall–Kier alpha value is -2.41. The molecule has 1 aromatic carbocycles. The molecule has 1 heterocycles. The van der Waals surface area contributed by atoms with Gasteiger partial charge in [0, 0.05) is 12.7 Å². The zero-order chi connectivity index (χ0) is 13.8. The standard InChI is InChI=1S/C15H14FN3/c1-10-5-12(6-11(2)15(10)16)8-19-14-9-18-4-3-13(14)7-17/h3-6,9,19H,8H2,1-2H3. The zero-order valence-corrected chi connectivity index (χ0v) is 10.9. The second-order valence-corrected chi connectivity index (χ2v) is 4.43. The van der Waals surface area contributed by atoms with Gasteiger partial charge < -0.3 is 5.32 Å². The van der Waals surface area contributed by atoms with Gasteiger partial charge >= 0.3 is 0 Å². The number of aryl methyl sites for hydroxylation is 2. The molecule has 0 unspecified atom stereocenters. The smallest absolute Gasteiger partial charge is 0.129 e. The van der Waals surface area contributed by atoms with Crippen molar-refractivity contribution in [2.45, 2.75) is 20.4 Å². The van der Waals surface area contributed by atoms with Crippen molar-refractivity contribution in [1.29, 1.82) is 5.26 Å². The van der Waals surface area contributed by atoms with Gasteiger partial charge in [-0.05, 0) is 36.6 Å². The molecule has 0 aliphatic rings. The van der Waals surface area contributed by atoms with Gasteiger partial charge in [0.2, 0.25) is 0 Å². The molecule has 0 fully saturated rings. The van der Waals surface area contributed by atoms with Crippen LogP contribution in [0.2, 0.25) is 0 Å². The van der Waals surface area contributed by atoms with Crippen LogP contribution in [-0.4, -0.2) is 4.98 Å². The van der Waals surface area contributed by atoms with Crippen molar-refractivity contribution in [1.82, 2.24) is 4.98 Å². The van der Waals surface area contributed by atoms with Crippen molar-refractivity contribution in [2.75, 3.05) is 5.32 Å². The molecule has 0 spiro atoms. The Morgan fingerprint density at radius 3 is 2.63 bits per heavy atom. The molecule has 1 aromatic heterocycles. The number of rotatable bonds is 3. The Labute approximate surface area is 111 Å². The number of halogens is 1. The van der Waals surface area contributed by atoms with E-state index in [1.54, 1.807) is 44.4 Å². The van der Waals surface area contributed by atoms with Gasteiger partial charge in [0.1, 0.15) is 11.9 Å². The van der Waals surface area contributed by atoms with Crippen LogP contribution in [0.15, 0.2) is 30.6 Å². The molecular weight excluding hydrogens is 241 g/mol. The lowest BCUT2D eigenvalue weighted by molar-refractivity contribution is 0.608. The lowest BCUT2D eigenvalue weighted by Gasteiger charge is -2.10. The number of nitriles is 1. The van der Waals surface area contributed by atoms with Gasteiger partial charge in [0.15, 0.2) is 0 Å². The average molecular weight is 255 g/mol. The highest BCUT2D eigenvalue weighted by atomic mass is 19.1. The molecule has 0 atom stereocenters. The normalized spacial score (nSPS) is 10.0. The van der Waals surface area contributed by atoms with Crippen molar-refractivity contribution in [2.24, 2.45) is 0 Å². The van der Waals surface area contributed by atoms with Crippen LogP contribution in [0.25, 0.3) is 0 Å². The Kier molecular flexibility index (Phi) is 3.76. The van der Waals surface area contributed by atoms with E-state index in [0.29, 0.717) is 28.9 Å². The molecule has 2 rings (SSSR count). The number of anilines is 1.